The van der Waals surface area contributed by atoms with Crippen LogP contribution < -0.4 is 0 Å². The van der Waals surface area contributed by atoms with Crippen molar-refractivity contribution in [2.24, 2.45) is 75.9 Å². The summed E-state index contributed by atoms with van der Waals surface area (Å²) in [6, 6.07) is 40.8. The van der Waals surface area contributed by atoms with E-state index in [2.05, 4.69) is 338 Å². The first-order chi connectivity index (χ1) is 45.4. The summed E-state index contributed by atoms with van der Waals surface area (Å²) in [5.41, 5.74) is 19.0. The van der Waals surface area contributed by atoms with Crippen LogP contribution in [-0.2, 0) is 17.3 Å². The fourth-order valence-corrected chi connectivity index (χ4v) is 16.8. The number of hydrogen-bond donors (Lipinski definition) is 0. The Morgan fingerprint density at radius 3 is 1.09 bits per heavy atom. The van der Waals surface area contributed by atoms with E-state index in [1.165, 1.54) is 144 Å². The van der Waals surface area contributed by atoms with Crippen molar-refractivity contribution in [2.75, 3.05) is 0 Å². The molecule has 0 heterocycles. The van der Waals surface area contributed by atoms with Crippen LogP contribution in [0.1, 0.15) is 445 Å². The SMILES string of the molecule is C.C.C.C.C.C.CC(C)C1CC(C)(C)CC(C)(C(C)C)C1.CC(C)C1CCC(CC2CCC(C(C)C)CC2)CC1.CC(C)CC(C)(C)c1cccc(C(C)(C)C(C)C)c1.CC(C)c1ccc(Cc2ccc(C(C)C)cc2)cc1.Cc1c(C(C)C)cccc1C(C)C.Cc1ccc(C(C)C)cc1C(C)C. The van der Waals surface area contributed by atoms with Crippen LogP contribution in [0.5, 0.6) is 0 Å². The maximum absolute atomic E-state index is 2.51. The summed E-state index contributed by atoms with van der Waals surface area (Å²) in [6.07, 6.45) is 20.3. The topological polar surface area (TPSA) is 0 Å². The Morgan fingerprint density at radius 2 is 0.750 bits per heavy atom. The quantitative estimate of drug-likeness (QED) is 0.0773. The summed E-state index contributed by atoms with van der Waals surface area (Å²) >= 11 is 0. The van der Waals surface area contributed by atoms with E-state index in [1.54, 1.807) is 6.42 Å². The summed E-state index contributed by atoms with van der Waals surface area (Å²) in [4.78, 5) is 0. The predicted molar refractivity (Wildman–Crippen MR) is 484 cm³/mol. The van der Waals surface area contributed by atoms with Crippen molar-refractivity contribution >= 4 is 0 Å². The molecule has 3 aliphatic rings. The van der Waals surface area contributed by atoms with Gasteiger partial charge in [0.15, 0.2) is 0 Å². The first kappa shape index (κ1) is 106. The maximum Gasteiger partial charge on any atom is -0.00258 e. The van der Waals surface area contributed by atoms with Gasteiger partial charge in [0.25, 0.3) is 0 Å². The zero-order valence-corrected chi connectivity index (χ0v) is 71.1. The minimum atomic E-state index is 0. The van der Waals surface area contributed by atoms with E-state index >= 15 is 0 Å². The van der Waals surface area contributed by atoms with Crippen LogP contribution in [0.25, 0.3) is 0 Å². The standard InChI is InChI=1S/C19H36.C19H24.C19H32.C15H30.2C13H20.6CH4/c2*1-14(2)18-9-5-16(6-10-18)13-17-7-11-19(12-8-17)15(3)4;1-14(2)13-18(5,6)16-10-9-11-17(12-16)19(7,8)15(3)4;1-11(2)13-8-14(5,6)10-15(7,9-13)12(3)4;1-9(2)12-7-6-11(5)13(8-12)10(3)4;1-9(2)12-7-6-8-13(10(3)4)11(12)5;;;;;;/h14-19H,5-13H2,1-4H3;5-12,14-15H,13H2,1-4H3;9-12,14-15H,13H2,1-8H3;11-13H,8-10H2,1-7H3;2*6-10H,1-5H3;6*1H4. The number of benzene rings is 5. The zero-order valence-electron chi connectivity index (χ0n) is 71.1. The highest BCUT2D eigenvalue weighted by Crippen LogP contribution is 2.54. The molecule has 0 radical (unpaired) electrons. The van der Waals surface area contributed by atoms with Gasteiger partial charge in [-0.2, -0.15) is 0 Å². The molecule has 104 heavy (non-hydrogen) atoms. The van der Waals surface area contributed by atoms with Crippen LogP contribution in [0, 0.1) is 89.8 Å². The Balaban J connectivity index is -0.000000574. The molecule has 0 aromatic heterocycles. The molecule has 2 unspecified atom stereocenters. The Morgan fingerprint density at radius 1 is 0.385 bits per heavy atom. The molecule has 0 saturated heterocycles. The fourth-order valence-electron chi connectivity index (χ4n) is 16.8. The van der Waals surface area contributed by atoms with Crippen LogP contribution in [0.2, 0.25) is 0 Å². The third-order valence-corrected chi connectivity index (χ3v) is 24.8. The molecule has 3 saturated carbocycles. The van der Waals surface area contributed by atoms with E-state index < -0.39 is 0 Å². The van der Waals surface area contributed by atoms with Crippen molar-refractivity contribution in [3.63, 3.8) is 0 Å². The Labute approximate surface area is 657 Å². The molecule has 0 spiro atoms. The monoisotopic (exact) mass is 1440 g/mol. The predicted octanol–water partition coefficient (Wildman–Crippen LogP) is 35.2. The van der Waals surface area contributed by atoms with Gasteiger partial charge >= 0.3 is 0 Å². The van der Waals surface area contributed by atoms with E-state index in [4.69, 9.17) is 0 Å². The lowest BCUT2D eigenvalue weighted by molar-refractivity contribution is 0.00398. The highest BCUT2D eigenvalue weighted by atomic mass is 14.5. The van der Waals surface area contributed by atoms with Gasteiger partial charge in [0.05, 0.1) is 0 Å². The lowest BCUT2D eigenvalue weighted by atomic mass is 9.55. The summed E-state index contributed by atoms with van der Waals surface area (Å²) in [5.74, 6) is 13.8. The van der Waals surface area contributed by atoms with Crippen LogP contribution >= 0.6 is 0 Å². The second-order valence-corrected chi connectivity index (χ2v) is 38.6. The number of rotatable bonds is 19. The second-order valence-electron chi connectivity index (χ2n) is 38.6. The Hall–Kier alpha value is -3.90. The number of aryl methyl sites for hydroxylation is 1. The van der Waals surface area contributed by atoms with Gasteiger partial charge in [-0.05, 0) is 267 Å². The molecule has 0 amide bonds. The summed E-state index contributed by atoms with van der Waals surface area (Å²) in [6.45, 7) is 76.8. The van der Waals surface area contributed by atoms with Gasteiger partial charge < -0.3 is 0 Å². The molecule has 8 rings (SSSR count). The van der Waals surface area contributed by atoms with Crippen molar-refractivity contribution in [3.05, 3.63) is 176 Å². The average molecular weight is 1440 g/mol. The second kappa shape index (κ2) is 49.3. The van der Waals surface area contributed by atoms with E-state index in [9.17, 15) is 0 Å². The zero-order chi connectivity index (χ0) is 74.4. The normalized spacial score (nSPS) is 19.3. The van der Waals surface area contributed by atoms with Gasteiger partial charge in [-0.3, -0.25) is 0 Å². The largest absolute Gasteiger partial charge is 0.0776 e. The van der Waals surface area contributed by atoms with Crippen LogP contribution in [0.3, 0.4) is 0 Å². The van der Waals surface area contributed by atoms with Crippen LogP contribution in [0.15, 0.2) is 109 Å². The van der Waals surface area contributed by atoms with Crippen molar-refractivity contribution in [1.82, 2.24) is 0 Å². The highest BCUT2D eigenvalue weighted by Gasteiger charge is 2.43. The molecule has 0 heteroatoms. The van der Waals surface area contributed by atoms with Crippen molar-refractivity contribution in [1.29, 1.82) is 0 Å². The van der Waals surface area contributed by atoms with E-state index in [0.717, 1.165) is 65.6 Å². The first-order valence-electron chi connectivity index (χ1n) is 40.9. The molecular weight excluding hydrogens is 1250 g/mol. The van der Waals surface area contributed by atoms with Gasteiger partial charge in [-0.15, -0.1) is 0 Å². The van der Waals surface area contributed by atoms with Gasteiger partial charge in [0.1, 0.15) is 0 Å². The third kappa shape index (κ3) is 35.2. The molecule has 5 aromatic carbocycles. The molecule has 0 nitrogen and oxygen atoms in total. The lowest BCUT2D eigenvalue weighted by Crippen LogP contribution is -2.40. The minimum absolute atomic E-state index is 0. The molecule has 3 fully saturated rings. The summed E-state index contributed by atoms with van der Waals surface area (Å²) in [5, 5.41) is 0. The van der Waals surface area contributed by atoms with Gasteiger partial charge in [0.2, 0.25) is 0 Å². The molecule has 0 N–H and O–H groups in total. The highest BCUT2D eigenvalue weighted by molar-refractivity contribution is 5.39. The fraction of sp³-hybridized carbons (Fsp3) is 0.712. The van der Waals surface area contributed by atoms with Crippen LogP contribution in [-0.4, -0.2) is 0 Å². The minimum Gasteiger partial charge on any atom is -0.0776 e. The van der Waals surface area contributed by atoms with Gasteiger partial charge in [0, 0.05) is 0 Å². The molecule has 0 bridgehead atoms. The Bertz CT molecular complexity index is 2850. The summed E-state index contributed by atoms with van der Waals surface area (Å²) in [7, 11) is 0. The van der Waals surface area contributed by atoms with Crippen LogP contribution in [0.4, 0.5) is 0 Å². The van der Waals surface area contributed by atoms with Crippen molar-refractivity contribution in [3.8, 4) is 0 Å². The average Bonchev–Trinajstić information content (AvgIpc) is 0.793. The van der Waals surface area contributed by atoms with Crippen molar-refractivity contribution in [2.45, 2.75) is 409 Å². The van der Waals surface area contributed by atoms with Gasteiger partial charge in [-0.25, -0.2) is 0 Å². The molecule has 3 aliphatic carbocycles. The van der Waals surface area contributed by atoms with E-state index in [1.807, 2.05) is 0 Å². The maximum atomic E-state index is 2.51. The smallest absolute Gasteiger partial charge is 0.00258 e. The Kier molecular flexibility index (Phi) is 50.4. The molecule has 0 aliphatic heterocycles. The van der Waals surface area contributed by atoms with E-state index in [-0.39, 0.29) is 55.4 Å². The summed E-state index contributed by atoms with van der Waals surface area (Å²) < 4.78 is 0. The van der Waals surface area contributed by atoms with E-state index in [0.29, 0.717) is 52.3 Å². The van der Waals surface area contributed by atoms with Gasteiger partial charge in [-0.1, -0.05) is 394 Å². The molecular formula is C104H186. The molecule has 602 valence electrons. The lowest BCUT2D eigenvalue weighted by Gasteiger charge is -2.50. The molecule has 5 aromatic rings. The van der Waals surface area contributed by atoms with Crippen molar-refractivity contribution < 1.29 is 0 Å². The molecule has 2 atom stereocenters. The first-order valence-corrected chi connectivity index (χ1v) is 40.9. The third-order valence-electron chi connectivity index (χ3n) is 24.8. The number of hydrogen-bond acceptors (Lipinski definition) is 0.